The topological polar surface area (TPSA) is 28.2 Å². The average molecular weight is 281 g/mol. The first-order chi connectivity index (χ1) is 8.37. The molecule has 0 aliphatic carbocycles. The minimum atomic E-state index is -4.20. The summed E-state index contributed by atoms with van der Waals surface area (Å²) in [5.74, 6) is 0. The molecule has 1 aromatic heterocycles. The van der Waals surface area contributed by atoms with Gasteiger partial charge in [0.05, 0.1) is 0 Å². The Morgan fingerprint density at radius 3 is 2.61 bits per heavy atom. The highest BCUT2D eigenvalue weighted by molar-refractivity contribution is 7.15. The summed E-state index contributed by atoms with van der Waals surface area (Å²) >= 11 is 1.31. The van der Waals surface area contributed by atoms with Crippen LogP contribution in [-0.4, -0.2) is 30.8 Å². The van der Waals surface area contributed by atoms with Gasteiger partial charge in [0.25, 0.3) is 0 Å². The molecule has 3 nitrogen and oxygen atoms in total. The van der Waals surface area contributed by atoms with Crippen molar-refractivity contribution in [2.45, 2.75) is 33.0 Å². The fraction of sp³-hybridized carbons (Fsp3) is 0.727. The molecule has 1 atom stereocenters. The van der Waals surface area contributed by atoms with E-state index in [9.17, 15) is 13.2 Å². The van der Waals surface area contributed by atoms with Gasteiger partial charge in [0, 0.05) is 23.7 Å². The third kappa shape index (κ3) is 4.45. The van der Waals surface area contributed by atoms with Crippen LogP contribution < -0.4 is 10.2 Å². The summed E-state index contributed by atoms with van der Waals surface area (Å²) < 4.78 is 37.2. The Balaban J connectivity index is 2.76. The molecule has 1 unspecified atom stereocenters. The average Bonchev–Trinajstić information content (AvgIpc) is 2.74. The highest BCUT2D eigenvalue weighted by atomic mass is 32.1. The maximum Gasteiger partial charge on any atom is 0.406 e. The van der Waals surface area contributed by atoms with Crippen molar-refractivity contribution in [3.05, 3.63) is 11.1 Å². The Morgan fingerprint density at radius 2 is 2.11 bits per heavy atom. The van der Waals surface area contributed by atoms with Crippen molar-refractivity contribution >= 4 is 16.5 Å². The number of rotatable bonds is 6. The normalized spacial score (nSPS) is 13.7. The Kier molecular flexibility index (Phi) is 5.40. The van der Waals surface area contributed by atoms with Crippen molar-refractivity contribution in [1.82, 2.24) is 10.3 Å². The Morgan fingerprint density at radius 1 is 1.44 bits per heavy atom. The van der Waals surface area contributed by atoms with Crippen molar-refractivity contribution in [2.24, 2.45) is 0 Å². The standard InChI is InChI=1S/C11H18F3N3S/c1-4-15-8(3)9-6-16-10(18-9)17(5-2)7-11(12,13)14/h6,8,15H,4-5,7H2,1-3H3. The Bertz CT molecular complexity index is 365. The number of hydrogen-bond donors (Lipinski definition) is 1. The molecular weight excluding hydrogens is 263 g/mol. The van der Waals surface area contributed by atoms with Gasteiger partial charge in [-0.1, -0.05) is 6.92 Å². The van der Waals surface area contributed by atoms with E-state index in [0.717, 1.165) is 11.4 Å². The predicted octanol–water partition coefficient (Wildman–Crippen LogP) is 3.20. The van der Waals surface area contributed by atoms with Crippen LogP contribution in [0.1, 0.15) is 31.7 Å². The van der Waals surface area contributed by atoms with Crippen LogP contribution in [0.25, 0.3) is 0 Å². The summed E-state index contributed by atoms with van der Waals surface area (Å²) in [6.07, 6.45) is -2.55. The van der Waals surface area contributed by atoms with Crippen molar-refractivity contribution in [3.63, 3.8) is 0 Å². The highest BCUT2D eigenvalue weighted by Crippen LogP contribution is 2.29. The van der Waals surface area contributed by atoms with E-state index in [0.29, 0.717) is 11.7 Å². The summed E-state index contributed by atoms with van der Waals surface area (Å²) in [7, 11) is 0. The highest BCUT2D eigenvalue weighted by Gasteiger charge is 2.31. The van der Waals surface area contributed by atoms with E-state index < -0.39 is 12.7 Å². The zero-order valence-electron chi connectivity index (χ0n) is 10.7. The van der Waals surface area contributed by atoms with E-state index in [2.05, 4.69) is 10.3 Å². The van der Waals surface area contributed by atoms with E-state index in [1.807, 2.05) is 13.8 Å². The monoisotopic (exact) mass is 281 g/mol. The SMILES string of the molecule is CCNC(C)c1cnc(N(CC)CC(F)(F)F)s1. The molecule has 1 heterocycles. The lowest BCUT2D eigenvalue weighted by atomic mass is 10.3. The van der Waals surface area contributed by atoms with Crippen molar-refractivity contribution in [3.8, 4) is 0 Å². The largest absolute Gasteiger partial charge is 0.406 e. The Labute approximate surface area is 109 Å². The van der Waals surface area contributed by atoms with Crippen LogP contribution in [0.4, 0.5) is 18.3 Å². The summed E-state index contributed by atoms with van der Waals surface area (Å²) in [5.41, 5.74) is 0. The molecule has 1 aromatic rings. The predicted molar refractivity (Wildman–Crippen MR) is 68.1 cm³/mol. The van der Waals surface area contributed by atoms with E-state index in [1.165, 1.54) is 16.2 Å². The number of aromatic nitrogens is 1. The van der Waals surface area contributed by atoms with Gasteiger partial charge >= 0.3 is 6.18 Å². The number of hydrogen-bond acceptors (Lipinski definition) is 4. The first kappa shape index (κ1) is 15.2. The Hall–Kier alpha value is -0.820. The lowest BCUT2D eigenvalue weighted by Crippen LogP contribution is -2.33. The molecule has 0 aliphatic rings. The second-order valence-corrected chi connectivity index (χ2v) is 4.99. The van der Waals surface area contributed by atoms with Gasteiger partial charge in [-0.2, -0.15) is 13.2 Å². The molecule has 0 amide bonds. The van der Waals surface area contributed by atoms with Crippen LogP contribution in [0.3, 0.4) is 0 Å². The molecule has 18 heavy (non-hydrogen) atoms. The molecule has 1 N–H and O–H groups in total. The maximum absolute atomic E-state index is 12.4. The summed E-state index contributed by atoms with van der Waals surface area (Å²) in [6.45, 7) is 5.81. The smallest absolute Gasteiger partial charge is 0.339 e. The van der Waals surface area contributed by atoms with Gasteiger partial charge < -0.3 is 10.2 Å². The number of nitrogens with zero attached hydrogens (tertiary/aromatic N) is 2. The third-order valence-electron chi connectivity index (χ3n) is 2.47. The quantitative estimate of drug-likeness (QED) is 0.868. The molecule has 104 valence electrons. The van der Waals surface area contributed by atoms with E-state index in [4.69, 9.17) is 0 Å². The molecular formula is C11H18F3N3S. The summed E-state index contributed by atoms with van der Waals surface area (Å²) in [6, 6.07) is 0.117. The van der Waals surface area contributed by atoms with Gasteiger partial charge in [-0.05, 0) is 20.4 Å². The minimum absolute atomic E-state index is 0.117. The van der Waals surface area contributed by atoms with E-state index in [1.54, 1.807) is 13.1 Å². The zero-order chi connectivity index (χ0) is 13.8. The molecule has 0 bridgehead atoms. The second kappa shape index (κ2) is 6.38. The molecule has 0 spiro atoms. The van der Waals surface area contributed by atoms with Crippen molar-refractivity contribution in [1.29, 1.82) is 0 Å². The molecule has 0 aromatic carbocycles. The molecule has 0 fully saturated rings. The van der Waals surface area contributed by atoms with Gasteiger partial charge in [-0.25, -0.2) is 4.98 Å². The molecule has 1 rings (SSSR count). The molecule has 7 heteroatoms. The van der Waals surface area contributed by atoms with Gasteiger partial charge in [-0.3, -0.25) is 0 Å². The van der Waals surface area contributed by atoms with E-state index in [-0.39, 0.29) is 6.04 Å². The van der Waals surface area contributed by atoms with Gasteiger partial charge in [0.15, 0.2) is 5.13 Å². The fourth-order valence-corrected chi connectivity index (χ4v) is 2.57. The number of alkyl halides is 3. The molecule has 0 aliphatic heterocycles. The maximum atomic E-state index is 12.4. The molecule has 0 saturated heterocycles. The second-order valence-electron chi connectivity index (χ2n) is 3.95. The van der Waals surface area contributed by atoms with E-state index >= 15 is 0 Å². The molecule has 0 radical (unpaired) electrons. The number of anilines is 1. The zero-order valence-corrected chi connectivity index (χ0v) is 11.5. The van der Waals surface area contributed by atoms with Crippen LogP contribution in [0, 0.1) is 0 Å². The van der Waals surface area contributed by atoms with Crippen LogP contribution in [-0.2, 0) is 0 Å². The first-order valence-corrected chi connectivity index (χ1v) is 6.69. The van der Waals surface area contributed by atoms with Crippen molar-refractivity contribution in [2.75, 3.05) is 24.5 Å². The number of thiazole rings is 1. The summed E-state index contributed by atoms with van der Waals surface area (Å²) in [5, 5.41) is 3.64. The third-order valence-corrected chi connectivity index (χ3v) is 3.71. The first-order valence-electron chi connectivity index (χ1n) is 5.88. The summed E-state index contributed by atoms with van der Waals surface area (Å²) in [4.78, 5) is 6.27. The lowest BCUT2D eigenvalue weighted by molar-refractivity contribution is -0.119. The van der Waals surface area contributed by atoms with Gasteiger partial charge in [0.2, 0.25) is 0 Å². The molecule has 0 saturated carbocycles. The minimum Gasteiger partial charge on any atom is -0.339 e. The number of halogens is 3. The van der Waals surface area contributed by atoms with Gasteiger partial charge in [0.1, 0.15) is 6.54 Å². The van der Waals surface area contributed by atoms with Crippen LogP contribution in [0.5, 0.6) is 0 Å². The number of nitrogens with one attached hydrogen (secondary N) is 1. The van der Waals surface area contributed by atoms with Crippen LogP contribution in [0.15, 0.2) is 6.20 Å². The van der Waals surface area contributed by atoms with Crippen molar-refractivity contribution < 1.29 is 13.2 Å². The fourth-order valence-electron chi connectivity index (χ4n) is 1.56. The van der Waals surface area contributed by atoms with Crippen LogP contribution >= 0.6 is 11.3 Å². The van der Waals surface area contributed by atoms with Gasteiger partial charge in [-0.15, -0.1) is 11.3 Å². The van der Waals surface area contributed by atoms with Crippen LogP contribution in [0.2, 0.25) is 0 Å². The lowest BCUT2D eigenvalue weighted by Gasteiger charge is -2.21.